The van der Waals surface area contributed by atoms with Crippen LogP contribution >= 0.6 is 0 Å². The molecular weight excluding hydrogens is 325 g/mol. The van der Waals surface area contributed by atoms with Crippen LogP contribution in [0.4, 0.5) is 14.9 Å². The van der Waals surface area contributed by atoms with Crippen LogP contribution in [0.2, 0.25) is 0 Å². The van der Waals surface area contributed by atoms with E-state index in [1.165, 1.54) is 12.1 Å². The number of amides is 3. The molecule has 0 bridgehead atoms. The molecule has 0 aliphatic carbocycles. The Kier molecular flexibility index (Phi) is 5.86. The quantitative estimate of drug-likeness (QED) is 0.878. The average molecular weight is 349 g/mol. The number of rotatable bonds is 4. The highest BCUT2D eigenvalue weighted by atomic mass is 19.1. The minimum Gasteiger partial charge on any atom is -0.376 e. The number of ether oxygens (including phenoxy) is 1. The Hall–Kier alpha value is -2.15. The first-order chi connectivity index (χ1) is 12.1. The molecule has 1 aromatic carbocycles. The van der Waals surface area contributed by atoms with Crippen LogP contribution in [-0.4, -0.2) is 49.2 Å². The fraction of sp³-hybridized carbons (Fsp3) is 0.556. The summed E-state index contributed by atoms with van der Waals surface area (Å²) < 4.78 is 19.7. The van der Waals surface area contributed by atoms with E-state index in [-0.39, 0.29) is 29.3 Å². The van der Waals surface area contributed by atoms with Crippen molar-refractivity contribution < 1.29 is 18.7 Å². The van der Waals surface area contributed by atoms with Gasteiger partial charge in [-0.25, -0.2) is 9.18 Å². The summed E-state index contributed by atoms with van der Waals surface area (Å²) >= 11 is 0. The third kappa shape index (κ3) is 4.69. The molecule has 0 saturated carbocycles. The number of carbonyl (C=O) groups is 2. The van der Waals surface area contributed by atoms with E-state index < -0.39 is 5.82 Å². The Bertz CT molecular complexity index is 626. The Morgan fingerprint density at radius 2 is 2.00 bits per heavy atom. The zero-order chi connectivity index (χ0) is 17.6. The maximum atomic E-state index is 14.2. The van der Waals surface area contributed by atoms with Gasteiger partial charge in [0.1, 0.15) is 5.82 Å². The van der Waals surface area contributed by atoms with Crippen LogP contribution in [0.15, 0.2) is 18.2 Å². The van der Waals surface area contributed by atoms with Gasteiger partial charge in [-0.3, -0.25) is 4.79 Å². The van der Waals surface area contributed by atoms with Gasteiger partial charge in [0.05, 0.1) is 11.8 Å². The molecule has 3 amide bonds. The van der Waals surface area contributed by atoms with E-state index >= 15 is 0 Å². The van der Waals surface area contributed by atoms with Crippen LogP contribution in [0.25, 0.3) is 0 Å². The van der Waals surface area contributed by atoms with Crippen molar-refractivity contribution >= 4 is 17.6 Å². The van der Waals surface area contributed by atoms with Crippen molar-refractivity contribution in [3.8, 4) is 0 Å². The summed E-state index contributed by atoms with van der Waals surface area (Å²) in [6, 6.07) is 3.79. The first-order valence-electron chi connectivity index (χ1n) is 8.89. The number of hydrogen-bond donors (Lipinski definition) is 2. The number of halogens is 1. The molecule has 2 N–H and O–H groups in total. The molecule has 2 heterocycles. The maximum Gasteiger partial charge on any atom is 0.321 e. The van der Waals surface area contributed by atoms with Crippen LogP contribution in [0.1, 0.15) is 42.5 Å². The lowest BCUT2D eigenvalue weighted by molar-refractivity contribution is 0.0857. The van der Waals surface area contributed by atoms with E-state index in [2.05, 4.69) is 10.6 Å². The summed E-state index contributed by atoms with van der Waals surface area (Å²) in [5, 5.41) is 5.34. The second-order valence-electron chi connectivity index (χ2n) is 6.52. The Balaban J connectivity index is 1.56. The van der Waals surface area contributed by atoms with Gasteiger partial charge in [-0.05, 0) is 50.3 Å². The molecule has 25 heavy (non-hydrogen) atoms. The number of carbonyl (C=O) groups excluding carboxylic acids is 2. The first kappa shape index (κ1) is 17.7. The molecule has 2 aliphatic rings. The number of urea groups is 1. The maximum absolute atomic E-state index is 14.2. The van der Waals surface area contributed by atoms with Crippen molar-refractivity contribution in [3.63, 3.8) is 0 Å². The van der Waals surface area contributed by atoms with Crippen LogP contribution in [0, 0.1) is 5.82 Å². The summed E-state index contributed by atoms with van der Waals surface area (Å²) in [4.78, 5) is 25.9. The Morgan fingerprint density at radius 1 is 1.20 bits per heavy atom. The molecule has 0 radical (unpaired) electrons. The minimum atomic E-state index is -0.616. The van der Waals surface area contributed by atoms with Crippen LogP contribution in [0.3, 0.4) is 0 Å². The number of benzene rings is 1. The van der Waals surface area contributed by atoms with Gasteiger partial charge in [0.2, 0.25) is 0 Å². The first-order valence-corrected chi connectivity index (χ1v) is 8.89. The van der Waals surface area contributed by atoms with E-state index in [4.69, 9.17) is 4.74 Å². The topological polar surface area (TPSA) is 70.7 Å². The van der Waals surface area contributed by atoms with E-state index in [0.29, 0.717) is 19.6 Å². The number of likely N-dealkylation sites (tertiary alicyclic amines) is 1. The van der Waals surface area contributed by atoms with Crippen molar-refractivity contribution in [2.45, 2.75) is 38.2 Å². The lowest BCUT2D eigenvalue weighted by Crippen LogP contribution is -2.38. The van der Waals surface area contributed by atoms with Crippen molar-refractivity contribution in [2.24, 2.45) is 0 Å². The number of nitrogens with one attached hydrogen (secondary N) is 2. The smallest absolute Gasteiger partial charge is 0.321 e. The predicted molar refractivity (Wildman–Crippen MR) is 92.1 cm³/mol. The molecule has 1 atom stereocenters. The largest absolute Gasteiger partial charge is 0.376 e. The van der Waals surface area contributed by atoms with E-state index in [9.17, 15) is 14.0 Å². The lowest BCUT2D eigenvalue weighted by Gasteiger charge is -2.26. The van der Waals surface area contributed by atoms with E-state index in [0.717, 1.165) is 44.8 Å². The molecule has 0 spiro atoms. The van der Waals surface area contributed by atoms with E-state index in [1.807, 2.05) is 0 Å². The summed E-state index contributed by atoms with van der Waals surface area (Å²) in [7, 11) is 0. The van der Waals surface area contributed by atoms with Crippen molar-refractivity contribution in [2.75, 3.05) is 31.6 Å². The van der Waals surface area contributed by atoms with Gasteiger partial charge in [-0.2, -0.15) is 0 Å². The third-order valence-electron chi connectivity index (χ3n) is 4.63. The van der Waals surface area contributed by atoms with Gasteiger partial charge >= 0.3 is 6.03 Å². The second kappa shape index (κ2) is 8.29. The monoisotopic (exact) mass is 349 g/mol. The highest BCUT2D eigenvalue weighted by Crippen LogP contribution is 2.18. The minimum absolute atomic E-state index is 0.0388. The normalized spacial score (nSPS) is 20.4. The van der Waals surface area contributed by atoms with Crippen molar-refractivity contribution in [3.05, 3.63) is 29.6 Å². The van der Waals surface area contributed by atoms with Gasteiger partial charge in [-0.1, -0.05) is 0 Å². The summed E-state index contributed by atoms with van der Waals surface area (Å²) in [5.74, 6) is -0.960. The number of piperidine rings is 1. The second-order valence-corrected chi connectivity index (χ2v) is 6.52. The summed E-state index contributed by atoms with van der Waals surface area (Å²) in [6.45, 7) is 2.53. The fourth-order valence-corrected chi connectivity index (χ4v) is 3.16. The van der Waals surface area contributed by atoms with Gasteiger partial charge in [-0.15, -0.1) is 0 Å². The Labute approximate surface area is 146 Å². The van der Waals surface area contributed by atoms with Crippen molar-refractivity contribution in [1.82, 2.24) is 10.2 Å². The van der Waals surface area contributed by atoms with Crippen LogP contribution in [-0.2, 0) is 4.74 Å². The average Bonchev–Trinajstić information content (AvgIpc) is 3.15. The molecule has 3 rings (SSSR count). The zero-order valence-electron chi connectivity index (χ0n) is 14.2. The number of hydrogen-bond acceptors (Lipinski definition) is 3. The van der Waals surface area contributed by atoms with Crippen molar-refractivity contribution in [1.29, 1.82) is 0 Å². The van der Waals surface area contributed by atoms with Gasteiger partial charge in [0.25, 0.3) is 5.91 Å². The molecule has 7 heteroatoms. The summed E-state index contributed by atoms with van der Waals surface area (Å²) in [5.41, 5.74) is 0.317. The zero-order valence-corrected chi connectivity index (χ0v) is 14.2. The molecule has 6 nitrogen and oxygen atoms in total. The standard InChI is InChI=1S/C18H24FN3O3/c19-15-11-13(17(23)20-12-14-5-4-10-25-14)6-7-16(15)21-18(24)22-8-2-1-3-9-22/h6-7,11,14H,1-5,8-10,12H2,(H,20,23)(H,21,24). The number of nitrogens with zero attached hydrogens (tertiary/aromatic N) is 1. The summed E-state index contributed by atoms with van der Waals surface area (Å²) in [6.07, 6.45) is 5.03. The Morgan fingerprint density at radius 3 is 2.68 bits per heavy atom. The molecule has 2 fully saturated rings. The van der Waals surface area contributed by atoms with Gasteiger partial charge in [0.15, 0.2) is 0 Å². The molecule has 2 saturated heterocycles. The molecule has 1 aromatic rings. The highest BCUT2D eigenvalue weighted by Gasteiger charge is 2.19. The fourth-order valence-electron chi connectivity index (χ4n) is 3.16. The highest BCUT2D eigenvalue weighted by molar-refractivity contribution is 5.95. The van der Waals surface area contributed by atoms with Gasteiger partial charge in [0, 0.05) is 31.8 Å². The molecule has 0 aromatic heterocycles. The van der Waals surface area contributed by atoms with Gasteiger partial charge < -0.3 is 20.3 Å². The van der Waals surface area contributed by atoms with Crippen LogP contribution in [0.5, 0.6) is 0 Å². The van der Waals surface area contributed by atoms with E-state index in [1.54, 1.807) is 4.90 Å². The molecular formula is C18H24FN3O3. The molecule has 2 aliphatic heterocycles. The predicted octanol–water partition coefficient (Wildman–Crippen LogP) is 2.75. The lowest BCUT2D eigenvalue weighted by atomic mass is 10.1. The SMILES string of the molecule is O=C(NCC1CCCO1)c1ccc(NC(=O)N2CCCCC2)c(F)c1. The molecule has 136 valence electrons. The number of anilines is 1. The molecule has 1 unspecified atom stereocenters. The third-order valence-corrected chi connectivity index (χ3v) is 4.63. The van der Waals surface area contributed by atoms with Crippen LogP contribution < -0.4 is 10.6 Å².